The van der Waals surface area contributed by atoms with Gasteiger partial charge in [0.15, 0.2) is 0 Å². The second kappa shape index (κ2) is 7.86. The molecule has 3 rings (SSSR count). The van der Waals surface area contributed by atoms with Gasteiger partial charge in [-0.05, 0) is 54.3 Å². The Morgan fingerprint density at radius 2 is 2.04 bits per heavy atom. The average Bonchev–Trinajstić information content (AvgIpc) is 2.94. The fourth-order valence-corrected chi connectivity index (χ4v) is 4.29. The predicted octanol–water partition coefficient (Wildman–Crippen LogP) is 2.83. The van der Waals surface area contributed by atoms with Crippen molar-refractivity contribution >= 4 is 39.2 Å². The number of thiophene rings is 1. The molecule has 2 amide bonds. The summed E-state index contributed by atoms with van der Waals surface area (Å²) in [5.74, 6) is -1.26. The SMILES string of the molecule is CC(=O)N(CC(=O)O)C1CCCN(C(=O)c2ccc3sccc3c2)CC1. The van der Waals surface area contributed by atoms with E-state index in [1.807, 2.05) is 34.5 Å². The van der Waals surface area contributed by atoms with Gasteiger partial charge in [-0.15, -0.1) is 11.3 Å². The molecule has 1 N–H and O–H groups in total. The molecule has 2 heterocycles. The van der Waals surface area contributed by atoms with Gasteiger partial charge in [0, 0.05) is 36.3 Å². The zero-order valence-corrected chi connectivity index (χ0v) is 15.5. The lowest BCUT2D eigenvalue weighted by molar-refractivity contribution is -0.145. The van der Waals surface area contributed by atoms with Gasteiger partial charge in [0.25, 0.3) is 5.91 Å². The van der Waals surface area contributed by atoms with Gasteiger partial charge in [0.2, 0.25) is 5.91 Å². The lowest BCUT2D eigenvalue weighted by Crippen LogP contribution is -2.43. The van der Waals surface area contributed by atoms with Gasteiger partial charge < -0.3 is 14.9 Å². The van der Waals surface area contributed by atoms with E-state index in [2.05, 4.69) is 0 Å². The number of hydrogen-bond acceptors (Lipinski definition) is 4. The van der Waals surface area contributed by atoms with Crippen LogP contribution in [0.5, 0.6) is 0 Å². The van der Waals surface area contributed by atoms with E-state index in [4.69, 9.17) is 5.11 Å². The average molecular weight is 374 g/mol. The Bertz CT molecular complexity index is 832. The summed E-state index contributed by atoms with van der Waals surface area (Å²) in [4.78, 5) is 38.9. The monoisotopic (exact) mass is 374 g/mol. The van der Waals surface area contributed by atoms with Crippen LogP contribution in [0.1, 0.15) is 36.5 Å². The minimum absolute atomic E-state index is 0.00800. The molecule has 1 aromatic carbocycles. The van der Waals surface area contributed by atoms with Crippen molar-refractivity contribution in [2.75, 3.05) is 19.6 Å². The number of hydrogen-bond donors (Lipinski definition) is 1. The minimum Gasteiger partial charge on any atom is -0.480 e. The molecule has 0 radical (unpaired) electrons. The van der Waals surface area contributed by atoms with Crippen molar-refractivity contribution in [2.24, 2.45) is 0 Å². The quantitative estimate of drug-likeness (QED) is 0.893. The number of carboxylic acids is 1. The van der Waals surface area contributed by atoms with Crippen molar-refractivity contribution in [1.29, 1.82) is 0 Å². The summed E-state index contributed by atoms with van der Waals surface area (Å²) < 4.78 is 1.16. The van der Waals surface area contributed by atoms with Gasteiger partial charge in [-0.2, -0.15) is 0 Å². The van der Waals surface area contributed by atoms with Gasteiger partial charge in [0.1, 0.15) is 6.54 Å². The molecule has 1 aliphatic heterocycles. The van der Waals surface area contributed by atoms with Crippen LogP contribution in [0, 0.1) is 0 Å². The maximum atomic E-state index is 12.9. The molecule has 2 aromatic rings. The summed E-state index contributed by atoms with van der Waals surface area (Å²) in [5.41, 5.74) is 0.670. The second-order valence-electron chi connectivity index (χ2n) is 6.59. The number of aliphatic carboxylic acids is 1. The van der Waals surface area contributed by atoms with Crippen LogP contribution in [0.4, 0.5) is 0 Å². The number of fused-ring (bicyclic) bond motifs is 1. The lowest BCUT2D eigenvalue weighted by Gasteiger charge is -2.28. The molecule has 0 spiro atoms. The highest BCUT2D eigenvalue weighted by Gasteiger charge is 2.28. The Kier molecular flexibility index (Phi) is 5.56. The number of carbonyl (C=O) groups is 3. The first-order valence-corrected chi connectivity index (χ1v) is 9.59. The van der Waals surface area contributed by atoms with Gasteiger partial charge in [0.05, 0.1) is 0 Å². The van der Waals surface area contributed by atoms with Crippen molar-refractivity contribution in [3.05, 3.63) is 35.2 Å². The summed E-state index contributed by atoms with van der Waals surface area (Å²) in [7, 11) is 0. The Morgan fingerprint density at radius 3 is 2.77 bits per heavy atom. The van der Waals surface area contributed by atoms with Crippen LogP contribution in [-0.2, 0) is 9.59 Å². The Hall–Kier alpha value is -2.41. The lowest BCUT2D eigenvalue weighted by atomic mass is 10.1. The molecule has 0 aliphatic carbocycles. The van der Waals surface area contributed by atoms with Crippen LogP contribution >= 0.6 is 11.3 Å². The molecule has 0 bridgehead atoms. The van der Waals surface area contributed by atoms with Crippen molar-refractivity contribution < 1.29 is 19.5 Å². The topological polar surface area (TPSA) is 77.9 Å². The Labute approximate surface area is 156 Å². The zero-order chi connectivity index (χ0) is 18.7. The summed E-state index contributed by atoms with van der Waals surface area (Å²) in [5, 5.41) is 12.1. The number of rotatable bonds is 4. The van der Waals surface area contributed by atoms with Crippen molar-refractivity contribution in [3.8, 4) is 0 Å². The maximum absolute atomic E-state index is 12.9. The molecule has 6 nitrogen and oxygen atoms in total. The molecule has 26 heavy (non-hydrogen) atoms. The molecular formula is C19H22N2O4S. The largest absolute Gasteiger partial charge is 0.480 e. The highest BCUT2D eigenvalue weighted by Crippen LogP contribution is 2.24. The third kappa shape index (κ3) is 4.04. The Morgan fingerprint density at radius 1 is 1.23 bits per heavy atom. The minimum atomic E-state index is -1.01. The number of carbonyl (C=O) groups excluding carboxylic acids is 2. The molecule has 1 fully saturated rings. The normalized spacial score (nSPS) is 17.7. The third-order valence-corrected chi connectivity index (χ3v) is 5.73. The van der Waals surface area contributed by atoms with E-state index in [9.17, 15) is 14.4 Å². The fraction of sp³-hybridized carbons (Fsp3) is 0.421. The molecule has 1 unspecified atom stereocenters. The zero-order valence-electron chi connectivity index (χ0n) is 14.7. The van der Waals surface area contributed by atoms with Crippen LogP contribution in [0.3, 0.4) is 0 Å². The summed E-state index contributed by atoms with van der Waals surface area (Å²) >= 11 is 1.65. The molecule has 7 heteroatoms. The molecule has 1 saturated heterocycles. The number of benzene rings is 1. The summed E-state index contributed by atoms with van der Waals surface area (Å²) in [6.07, 6.45) is 2.06. The third-order valence-electron chi connectivity index (χ3n) is 4.84. The van der Waals surface area contributed by atoms with E-state index in [-0.39, 0.29) is 24.4 Å². The van der Waals surface area contributed by atoms with Gasteiger partial charge in [-0.1, -0.05) is 0 Å². The van der Waals surface area contributed by atoms with Crippen LogP contribution in [-0.4, -0.2) is 58.4 Å². The molecule has 138 valence electrons. The highest BCUT2D eigenvalue weighted by atomic mass is 32.1. The predicted molar refractivity (Wildman–Crippen MR) is 100 cm³/mol. The fourth-order valence-electron chi connectivity index (χ4n) is 3.52. The highest BCUT2D eigenvalue weighted by molar-refractivity contribution is 7.17. The number of likely N-dealkylation sites (tertiary alicyclic amines) is 1. The van der Waals surface area contributed by atoms with Crippen LogP contribution < -0.4 is 0 Å². The number of carboxylic acid groups (broad SMARTS) is 1. The molecule has 1 atom stereocenters. The smallest absolute Gasteiger partial charge is 0.323 e. The van der Waals surface area contributed by atoms with E-state index >= 15 is 0 Å². The Balaban J connectivity index is 1.70. The summed E-state index contributed by atoms with van der Waals surface area (Å²) in [6.45, 7) is 2.25. The standard InChI is InChI=1S/C19H22N2O4S/c1-13(22)21(12-18(23)24)16-3-2-8-20(9-6-16)19(25)15-4-5-17-14(11-15)7-10-26-17/h4-5,7,10-11,16H,2-3,6,8-9,12H2,1H3,(H,23,24). The first-order valence-electron chi connectivity index (χ1n) is 8.71. The molecule has 1 aliphatic rings. The van der Waals surface area contributed by atoms with E-state index < -0.39 is 5.97 Å². The van der Waals surface area contributed by atoms with Crippen molar-refractivity contribution in [3.63, 3.8) is 0 Å². The first kappa shape index (κ1) is 18.4. The molecule has 1 aromatic heterocycles. The second-order valence-corrected chi connectivity index (χ2v) is 7.54. The molecular weight excluding hydrogens is 352 g/mol. The first-order chi connectivity index (χ1) is 12.5. The molecule has 0 saturated carbocycles. The number of amides is 2. The van der Waals surface area contributed by atoms with Crippen molar-refractivity contribution in [2.45, 2.75) is 32.2 Å². The van der Waals surface area contributed by atoms with Gasteiger partial charge in [-0.25, -0.2) is 0 Å². The van der Waals surface area contributed by atoms with E-state index in [0.29, 0.717) is 31.5 Å². The van der Waals surface area contributed by atoms with Crippen LogP contribution in [0.15, 0.2) is 29.6 Å². The van der Waals surface area contributed by atoms with Gasteiger partial charge >= 0.3 is 5.97 Å². The van der Waals surface area contributed by atoms with Crippen molar-refractivity contribution in [1.82, 2.24) is 9.80 Å². The number of nitrogens with zero attached hydrogens (tertiary/aromatic N) is 2. The van der Waals surface area contributed by atoms with E-state index in [1.165, 1.54) is 11.8 Å². The van der Waals surface area contributed by atoms with Crippen LogP contribution in [0.2, 0.25) is 0 Å². The van der Waals surface area contributed by atoms with Gasteiger partial charge in [-0.3, -0.25) is 14.4 Å². The van der Waals surface area contributed by atoms with E-state index in [0.717, 1.165) is 16.5 Å². The van der Waals surface area contributed by atoms with E-state index in [1.54, 1.807) is 11.3 Å². The summed E-state index contributed by atoms with van der Waals surface area (Å²) in [6, 6.07) is 7.61. The maximum Gasteiger partial charge on any atom is 0.323 e. The van der Waals surface area contributed by atoms with Crippen LogP contribution in [0.25, 0.3) is 10.1 Å².